The molecule has 106 valence electrons. The molecule has 0 bridgehead atoms. The number of ether oxygens (including phenoxy) is 1. The van der Waals surface area contributed by atoms with Crippen molar-refractivity contribution in [3.8, 4) is 0 Å². The van der Waals surface area contributed by atoms with Crippen LogP contribution in [0.5, 0.6) is 0 Å². The van der Waals surface area contributed by atoms with Crippen molar-refractivity contribution in [2.45, 2.75) is 33.1 Å². The number of nitrogens with zero attached hydrogens (tertiary/aromatic N) is 2. The molecule has 0 atom stereocenters. The van der Waals surface area contributed by atoms with E-state index < -0.39 is 0 Å². The Morgan fingerprint density at radius 3 is 2.74 bits per heavy atom. The van der Waals surface area contributed by atoms with Crippen molar-refractivity contribution in [2.75, 3.05) is 37.4 Å². The normalized spacial score (nSPS) is 16.2. The fourth-order valence-corrected chi connectivity index (χ4v) is 2.18. The number of anilines is 2. The smallest absolute Gasteiger partial charge is 0.224 e. The SMILES string of the molecule is CCNc1nc(C)cc(NCC2(CCOC)CC2)n1. The van der Waals surface area contributed by atoms with Crippen molar-refractivity contribution in [2.24, 2.45) is 5.41 Å². The second kappa shape index (κ2) is 6.19. The maximum absolute atomic E-state index is 5.18. The van der Waals surface area contributed by atoms with Crippen LogP contribution in [0.25, 0.3) is 0 Å². The first-order valence-corrected chi connectivity index (χ1v) is 7.00. The average molecular weight is 264 g/mol. The van der Waals surface area contributed by atoms with Crippen molar-refractivity contribution >= 4 is 11.8 Å². The summed E-state index contributed by atoms with van der Waals surface area (Å²) in [5.41, 5.74) is 1.41. The topological polar surface area (TPSA) is 59.1 Å². The highest BCUT2D eigenvalue weighted by Crippen LogP contribution is 2.48. The average Bonchev–Trinajstić information content (AvgIpc) is 3.15. The Labute approximate surface area is 115 Å². The molecule has 0 aliphatic heterocycles. The first-order valence-electron chi connectivity index (χ1n) is 7.00. The number of hydrogen-bond donors (Lipinski definition) is 2. The van der Waals surface area contributed by atoms with E-state index in [1.54, 1.807) is 7.11 Å². The van der Waals surface area contributed by atoms with Crippen LogP contribution in [0.3, 0.4) is 0 Å². The van der Waals surface area contributed by atoms with Gasteiger partial charge in [-0.3, -0.25) is 0 Å². The van der Waals surface area contributed by atoms with Crippen LogP contribution in [0.15, 0.2) is 6.07 Å². The fraction of sp³-hybridized carbons (Fsp3) is 0.714. The number of aromatic nitrogens is 2. The highest BCUT2D eigenvalue weighted by Gasteiger charge is 2.41. The Hall–Kier alpha value is -1.36. The molecule has 1 aromatic heterocycles. The van der Waals surface area contributed by atoms with Crippen molar-refractivity contribution in [1.82, 2.24) is 9.97 Å². The largest absolute Gasteiger partial charge is 0.385 e. The van der Waals surface area contributed by atoms with Gasteiger partial charge in [0.15, 0.2) is 0 Å². The summed E-state index contributed by atoms with van der Waals surface area (Å²) >= 11 is 0. The molecule has 1 aliphatic rings. The molecular formula is C14H24N4O. The van der Waals surface area contributed by atoms with E-state index in [1.165, 1.54) is 12.8 Å². The number of aryl methyl sites for hydroxylation is 1. The first-order chi connectivity index (χ1) is 9.17. The van der Waals surface area contributed by atoms with E-state index in [9.17, 15) is 0 Å². The van der Waals surface area contributed by atoms with Gasteiger partial charge < -0.3 is 15.4 Å². The van der Waals surface area contributed by atoms with Crippen LogP contribution in [0, 0.1) is 12.3 Å². The molecule has 2 rings (SSSR count). The van der Waals surface area contributed by atoms with Gasteiger partial charge in [-0.2, -0.15) is 4.98 Å². The molecule has 1 fully saturated rings. The van der Waals surface area contributed by atoms with E-state index in [-0.39, 0.29) is 0 Å². The van der Waals surface area contributed by atoms with E-state index in [1.807, 2.05) is 19.9 Å². The van der Waals surface area contributed by atoms with Crippen LogP contribution < -0.4 is 10.6 Å². The Kier molecular flexibility index (Phi) is 4.58. The predicted molar refractivity (Wildman–Crippen MR) is 77.6 cm³/mol. The molecular weight excluding hydrogens is 240 g/mol. The lowest BCUT2D eigenvalue weighted by Gasteiger charge is -2.16. The van der Waals surface area contributed by atoms with Gasteiger partial charge in [-0.15, -0.1) is 0 Å². The van der Waals surface area contributed by atoms with Crippen molar-refractivity contribution < 1.29 is 4.74 Å². The molecule has 1 heterocycles. The fourth-order valence-electron chi connectivity index (χ4n) is 2.18. The van der Waals surface area contributed by atoms with E-state index in [0.29, 0.717) is 11.4 Å². The maximum Gasteiger partial charge on any atom is 0.224 e. The molecule has 0 spiro atoms. The molecule has 0 saturated heterocycles. The van der Waals surface area contributed by atoms with Crippen LogP contribution in [0.2, 0.25) is 0 Å². The van der Waals surface area contributed by atoms with E-state index in [2.05, 4.69) is 20.6 Å². The Morgan fingerprint density at radius 2 is 2.11 bits per heavy atom. The molecule has 19 heavy (non-hydrogen) atoms. The van der Waals surface area contributed by atoms with Gasteiger partial charge in [0, 0.05) is 38.6 Å². The van der Waals surface area contributed by atoms with Crippen molar-refractivity contribution in [3.63, 3.8) is 0 Å². The summed E-state index contributed by atoms with van der Waals surface area (Å²) in [6.45, 7) is 6.68. The number of hydrogen-bond acceptors (Lipinski definition) is 5. The van der Waals surface area contributed by atoms with Gasteiger partial charge in [0.1, 0.15) is 5.82 Å². The molecule has 5 nitrogen and oxygen atoms in total. The van der Waals surface area contributed by atoms with Gasteiger partial charge in [0.25, 0.3) is 0 Å². The summed E-state index contributed by atoms with van der Waals surface area (Å²) in [4.78, 5) is 8.82. The van der Waals surface area contributed by atoms with Gasteiger partial charge in [0.2, 0.25) is 5.95 Å². The van der Waals surface area contributed by atoms with Crippen LogP contribution >= 0.6 is 0 Å². The third-order valence-corrected chi connectivity index (χ3v) is 3.63. The highest BCUT2D eigenvalue weighted by molar-refractivity contribution is 5.42. The Balaban J connectivity index is 1.92. The van der Waals surface area contributed by atoms with Crippen LogP contribution in [0.1, 0.15) is 31.9 Å². The third kappa shape index (κ3) is 4.06. The summed E-state index contributed by atoms with van der Waals surface area (Å²) in [5.74, 6) is 1.61. The molecule has 0 unspecified atom stereocenters. The molecule has 1 saturated carbocycles. The van der Waals surface area contributed by atoms with Gasteiger partial charge in [-0.1, -0.05) is 0 Å². The molecule has 0 aromatic carbocycles. The summed E-state index contributed by atoms with van der Waals surface area (Å²) in [5, 5.41) is 6.60. The van der Waals surface area contributed by atoms with Gasteiger partial charge >= 0.3 is 0 Å². The van der Waals surface area contributed by atoms with E-state index in [0.717, 1.165) is 37.6 Å². The molecule has 0 radical (unpaired) electrons. The molecule has 5 heteroatoms. The second-order valence-electron chi connectivity index (χ2n) is 5.34. The Morgan fingerprint density at radius 1 is 1.32 bits per heavy atom. The number of nitrogens with one attached hydrogen (secondary N) is 2. The minimum atomic E-state index is 0.424. The molecule has 2 N–H and O–H groups in total. The lowest BCUT2D eigenvalue weighted by atomic mass is 10.0. The summed E-state index contributed by atoms with van der Waals surface area (Å²) < 4.78 is 5.18. The van der Waals surface area contributed by atoms with Crippen molar-refractivity contribution in [1.29, 1.82) is 0 Å². The third-order valence-electron chi connectivity index (χ3n) is 3.63. The van der Waals surface area contributed by atoms with Crippen LogP contribution in [-0.4, -0.2) is 36.8 Å². The standard InChI is InChI=1S/C14H24N4O/c1-4-15-13-17-11(2)9-12(18-13)16-10-14(5-6-14)7-8-19-3/h9H,4-8,10H2,1-3H3,(H2,15,16,17,18). The zero-order chi connectivity index (χ0) is 13.7. The minimum Gasteiger partial charge on any atom is -0.385 e. The zero-order valence-electron chi connectivity index (χ0n) is 12.1. The summed E-state index contributed by atoms with van der Waals surface area (Å²) in [6.07, 6.45) is 3.70. The zero-order valence-corrected chi connectivity index (χ0v) is 12.1. The molecule has 1 aliphatic carbocycles. The lowest BCUT2D eigenvalue weighted by Crippen LogP contribution is -2.18. The monoisotopic (exact) mass is 264 g/mol. The van der Waals surface area contributed by atoms with Gasteiger partial charge in [-0.25, -0.2) is 4.98 Å². The Bertz CT molecular complexity index is 418. The summed E-state index contributed by atoms with van der Waals surface area (Å²) in [7, 11) is 1.76. The second-order valence-corrected chi connectivity index (χ2v) is 5.34. The van der Waals surface area contributed by atoms with Crippen LogP contribution in [0.4, 0.5) is 11.8 Å². The minimum absolute atomic E-state index is 0.424. The van der Waals surface area contributed by atoms with Gasteiger partial charge in [0.05, 0.1) is 0 Å². The lowest BCUT2D eigenvalue weighted by molar-refractivity contribution is 0.175. The quantitative estimate of drug-likeness (QED) is 0.755. The predicted octanol–water partition coefficient (Wildman–Crippen LogP) is 2.45. The maximum atomic E-state index is 5.18. The molecule has 0 amide bonds. The van der Waals surface area contributed by atoms with Gasteiger partial charge in [-0.05, 0) is 38.5 Å². The summed E-state index contributed by atoms with van der Waals surface area (Å²) in [6, 6.07) is 1.99. The first kappa shape index (κ1) is 14.1. The van der Waals surface area contributed by atoms with Crippen LogP contribution in [-0.2, 0) is 4.74 Å². The number of rotatable bonds is 8. The van der Waals surface area contributed by atoms with E-state index >= 15 is 0 Å². The van der Waals surface area contributed by atoms with Crippen molar-refractivity contribution in [3.05, 3.63) is 11.8 Å². The number of methoxy groups -OCH3 is 1. The molecule has 1 aromatic rings. The van der Waals surface area contributed by atoms with E-state index in [4.69, 9.17) is 4.74 Å². The highest BCUT2D eigenvalue weighted by atomic mass is 16.5.